The summed E-state index contributed by atoms with van der Waals surface area (Å²) in [5.41, 5.74) is 5.09. The van der Waals surface area contributed by atoms with Gasteiger partial charge in [0.15, 0.2) is 9.84 Å². The molecule has 3 N–H and O–H groups in total. The molecule has 1 aromatic rings. The van der Waals surface area contributed by atoms with Crippen LogP contribution in [-0.2, 0) is 19.4 Å². The lowest BCUT2D eigenvalue weighted by Gasteiger charge is -2.23. The molecule has 1 amide bonds. The van der Waals surface area contributed by atoms with Gasteiger partial charge in [-0.15, -0.1) is 12.4 Å². The van der Waals surface area contributed by atoms with Crippen LogP contribution in [0.4, 0.5) is 5.69 Å². The molecule has 0 aliphatic carbocycles. The molecule has 0 aliphatic heterocycles. The molecule has 1 rings (SSSR count). The number of rotatable bonds is 7. The third kappa shape index (κ3) is 6.64. The molecule has 0 spiro atoms. The Hall–Kier alpha value is -1.64. The Kier molecular flexibility index (Phi) is 8.57. The van der Waals surface area contributed by atoms with Gasteiger partial charge in [-0.3, -0.25) is 4.79 Å². The van der Waals surface area contributed by atoms with E-state index in [0.29, 0.717) is 6.42 Å². The standard InChI is InChI=1S/C16H24N2O5S.ClH/c1-5-7-16(3,17)15(20)18-12-8-11(14(19)23-6-2)9-13(10-12)24(4,21)22;/h8-10H,5-7,17H2,1-4H3,(H,18,20);1H. The van der Waals surface area contributed by atoms with Crippen LogP contribution in [-0.4, -0.2) is 38.7 Å². The minimum absolute atomic E-state index is 0. The number of amides is 1. The van der Waals surface area contributed by atoms with Crippen LogP contribution < -0.4 is 11.1 Å². The molecule has 1 atom stereocenters. The van der Waals surface area contributed by atoms with Crippen molar-refractivity contribution >= 4 is 39.8 Å². The molecule has 0 bridgehead atoms. The second-order valence-electron chi connectivity index (χ2n) is 5.86. The molecular weight excluding hydrogens is 368 g/mol. The average Bonchev–Trinajstić information content (AvgIpc) is 2.46. The SMILES string of the molecule is CCCC(C)(N)C(=O)Nc1cc(C(=O)OCC)cc(S(C)(=O)=O)c1.Cl. The average molecular weight is 393 g/mol. The van der Waals surface area contributed by atoms with Crippen LogP contribution in [0.25, 0.3) is 0 Å². The number of hydrogen-bond donors (Lipinski definition) is 2. The summed E-state index contributed by atoms with van der Waals surface area (Å²) >= 11 is 0. The Bertz CT molecular complexity index is 732. The molecule has 142 valence electrons. The first kappa shape index (κ1) is 23.4. The number of halogens is 1. The summed E-state index contributed by atoms with van der Waals surface area (Å²) in [5, 5.41) is 2.58. The van der Waals surface area contributed by atoms with Crippen LogP contribution in [0, 0.1) is 0 Å². The Labute approximate surface area is 154 Å². The summed E-state index contributed by atoms with van der Waals surface area (Å²) in [4.78, 5) is 24.1. The fraction of sp³-hybridized carbons (Fsp3) is 0.500. The zero-order valence-corrected chi connectivity index (χ0v) is 16.4. The van der Waals surface area contributed by atoms with Gasteiger partial charge in [-0.05, 0) is 38.5 Å². The molecule has 0 heterocycles. The molecule has 0 aliphatic rings. The molecule has 0 aromatic heterocycles. The van der Waals surface area contributed by atoms with E-state index in [1.54, 1.807) is 13.8 Å². The number of hydrogen-bond acceptors (Lipinski definition) is 6. The number of anilines is 1. The van der Waals surface area contributed by atoms with E-state index in [9.17, 15) is 18.0 Å². The first-order valence-corrected chi connectivity index (χ1v) is 9.53. The van der Waals surface area contributed by atoms with E-state index in [4.69, 9.17) is 10.5 Å². The summed E-state index contributed by atoms with van der Waals surface area (Å²) in [6.07, 6.45) is 2.21. The lowest BCUT2D eigenvalue weighted by Crippen LogP contribution is -2.48. The van der Waals surface area contributed by atoms with Gasteiger partial charge in [-0.1, -0.05) is 13.3 Å². The van der Waals surface area contributed by atoms with Crippen molar-refractivity contribution in [2.45, 2.75) is 44.0 Å². The Balaban J connectivity index is 0.00000576. The van der Waals surface area contributed by atoms with Gasteiger partial charge in [-0.2, -0.15) is 0 Å². The maximum absolute atomic E-state index is 12.3. The predicted octanol–water partition coefficient (Wildman–Crippen LogP) is 2.14. The number of nitrogens with one attached hydrogen (secondary N) is 1. The third-order valence-electron chi connectivity index (χ3n) is 3.39. The lowest BCUT2D eigenvalue weighted by atomic mass is 9.96. The van der Waals surface area contributed by atoms with E-state index >= 15 is 0 Å². The molecule has 0 saturated heterocycles. The molecular formula is C16H25ClN2O5S. The summed E-state index contributed by atoms with van der Waals surface area (Å²) in [6, 6.07) is 3.88. The minimum Gasteiger partial charge on any atom is -0.462 e. The summed E-state index contributed by atoms with van der Waals surface area (Å²) < 4.78 is 28.5. The molecule has 25 heavy (non-hydrogen) atoms. The maximum atomic E-state index is 12.3. The van der Waals surface area contributed by atoms with Crippen molar-refractivity contribution in [1.29, 1.82) is 0 Å². The third-order valence-corrected chi connectivity index (χ3v) is 4.48. The second-order valence-corrected chi connectivity index (χ2v) is 7.88. The predicted molar refractivity (Wildman–Crippen MR) is 98.9 cm³/mol. The highest BCUT2D eigenvalue weighted by atomic mass is 35.5. The van der Waals surface area contributed by atoms with Crippen molar-refractivity contribution in [1.82, 2.24) is 0 Å². The highest BCUT2D eigenvalue weighted by Gasteiger charge is 2.27. The Morgan fingerprint density at radius 3 is 2.32 bits per heavy atom. The maximum Gasteiger partial charge on any atom is 0.338 e. The number of carbonyl (C=O) groups excluding carboxylic acids is 2. The molecule has 1 unspecified atom stereocenters. The largest absolute Gasteiger partial charge is 0.462 e. The normalized spacial score (nSPS) is 13.3. The zero-order chi connectivity index (χ0) is 18.5. The number of benzene rings is 1. The van der Waals surface area contributed by atoms with Crippen molar-refractivity contribution in [3.8, 4) is 0 Å². The zero-order valence-electron chi connectivity index (χ0n) is 14.8. The highest BCUT2D eigenvalue weighted by Crippen LogP contribution is 2.21. The fourth-order valence-electron chi connectivity index (χ4n) is 2.12. The van der Waals surface area contributed by atoms with Gasteiger partial charge in [0, 0.05) is 11.9 Å². The second kappa shape index (κ2) is 9.17. The van der Waals surface area contributed by atoms with Crippen LogP contribution in [0.5, 0.6) is 0 Å². The van der Waals surface area contributed by atoms with E-state index in [1.807, 2.05) is 6.92 Å². The van der Waals surface area contributed by atoms with E-state index in [2.05, 4.69) is 5.32 Å². The number of esters is 1. The van der Waals surface area contributed by atoms with Crippen LogP contribution in [0.1, 0.15) is 44.0 Å². The van der Waals surface area contributed by atoms with Crippen molar-refractivity contribution in [3.63, 3.8) is 0 Å². The van der Waals surface area contributed by atoms with Crippen molar-refractivity contribution in [2.24, 2.45) is 5.73 Å². The summed E-state index contributed by atoms with van der Waals surface area (Å²) in [5.74, 6) is -1.12. The Morgan fingerprint density at radius 2 is 1.84 bits per heavy atom. The van der Waals surface area contributed by atoms with Gasteiger partial charge >= 0.3 is 5.97 Å². The van der Waals surface area contributed by atoms with Gasteiger partial charge < -0.3 is 15.8 Å². The van der Waals surface area contributed by atoms with Crippen molar-refractivity contribution in [2.75, 3.05) is 18.2 Å². The van der Waals surface area contributed by atoms with Crippen molar-refractivity contribution < 1.29 is 22.7 Å². The number of carbonyl (C=O) groups is 2. The van der Waals surface area contributed by atoms with Crippen LogP contribution in [0.3, 0.4) is 0 Å². The monoisotopic (exact) mass is 392 g/mol. The summed E-state index contributed by atoms with van der Waals surface area (Å²) in [7, 11) is -3.57. The first-order valence-electron chi connectivity index (χ1n) is 7.64. The first-order chi connectivity index (χ1) is 11.0. The van der Waals surface area contributed by atoms with Gasteiger partial charge in [0.2, 0.25) is 5.91 Å². The smallest absolute Gasteiger partial charge is 0.338 e. The minimum atomic E-state index is -3.57. The van der Waals surface area contributed by atoms with Gasteiger partial charge in [0.25, 0.3) is 0 Å². The van der Waals surface area contributed by atoms with Gasteiger partial charge in [0.05, 0.1) is 22.6 Å². The Morgan fingerprint density at radius 1 is 1.24 bits per heavy atom. The number of nitrogens with two attached hydrogens (primary N) is 1. The van der Waals surface area contributed by atoms with Gasteiger partial charge in [-0.25, -0.2) is 13.2 Å². The van der Waals surface area contributed by atoms with Crippen LogP contribution in [0.2, 0.25) is 0 Å². The van der Waals surface area contributed by atoms with E-state index in [1.165, 1.54) is 18.2 Å². The van der Waals surface area contributed by atoms with E-state index in [-0.39, 0.29) is 35.2 Å². The topological polar surface area (TPSA) is 116 Å². The van der Waals surface area contributed by atoms with Gasteiger partial charge in [0.1, 0.15) is 0 Å². The van der Waals surface area contributed by atoms with E-state index < -0.39 is 27.3 Å². The quantitative estimate of drug-likeness (QED) is 0.687. The highest BCUT2D eigenvalue weighted by molar-refractivity contribution is 7.90. The lowest BCUT2D eigenvalue weighted by molar-refractivity contribution is -0.120. The molecule has 9 heteroatoms. The number of ether oxygens (including phenoxy) is 1. The van der Waals surface area contributed by atoms with E-state index in [0.717, 1.165) is 12.7 Å². The number of sulfone groups is 1. The van der Waals surface area contributed by atoms with Crippen LogP contribution in [0.15, 0.2) is 23.1 Å². The summed E-state index contributed by atoms with van der Waals surface area (Å²) in [6.45, 7) is 5.30. The fourth-order valence-corrected chi connectivity index (χ4v) is 2.81. The molecule has 1 aromatic carbocycles. The molecule has 0 fully saturated rings. The van der Waals surface area contributed by atoms with Crippen LogP contribution >= 0.6 is 12.4 Å². The van der Waals surface area contributed by atoms with Crippen molar-refractivity contribution in [3.05, 3.63) is 23.8 Å². The molecule has 7 nitrogen and oxygen atoms in total. The molecule has 0 radical (unpaired) electrons. The molecule has 0 saturated carbocycles.